The van der Waals surface area contributed by atoms with E-state index in [4.69, 9.17) is 4.74 Å². The van der Waals surface area contributed by atoms with Crippen LogP contribution in [0, 0.1) is 12.3 Å². The number of rotatable bonds is 8. The van der Waals surface area contributed by atoms with Gasteiger partial charge in [-0.1, -0.05) is 87.0 Å². The lowest BCUT2D eigenvalue weighted by molar-refractivity contribution is 0.0151. The van der Waals surface area contributed by atoms with Crippen LogP contribution >= 0.6 is 0 Å². The normalized spacial score (nSPS) is 13.4. The van der Waals surface area contributed by atoms with Gasteiger partial charge in [-0.25, -0.2) is 4.79 Å². The molecule has 0 aliphatic carbocycles. The topological polar surface area (TPSA) is 84.8 Å². The summed E-state index contributed by atoms with van der Waals surface area (Å²) in [6.07, 6.45) is 3.23. The van der Waals surface area contributed by atoms with Crippen molar-refractivity contribution < 1.29 is 17.9 Å². The van der Waals surface area contributed by atoms with Crippen molar-refractivity contribution in [2.45, 2.75) is 45.6 Å². The Kier molecular flexibility index (Phi) is 8.48. The zero-order chi connectivity index (χ0) is 26.3. The van der Waals surface area contributed by atoms with Gasteiger partial charge >= 0.3 is 5.97 Å². The second-order valence-corrected chi connectivity index (χ2v) is 11.3. The van der Waals surface area contributed by atoms with Crippen LogP contribution < -0.4 is 4.83 Å². The Morgan fingerprint density at radius 1 is 0.944 bits per heavy atom. The van der Waals surface area contributed by atoms with Gasteiger partial charge in [0.1, 0.15) is 6.10 Å². The number of carbonyl (C=O) groups excluding carboxylic acids is 1. The highest BCUT2D eigenvalue weighted by molar-refractivity contribution is 7.89. The molecule has 3 rings (SSSR count). The molecule has 0 aliphatic heterocycles. The minimum atomic E-state index is -3.79. The van der Waals surface area contributed by atoms with Crippen LogP contribution in [0.1, 0.15) is 54.7 Å². The molecule has 6 nitrogen and oxygen atoms in total. The number of nitrogens with one attached hydrogen (secondary N) is 1. The first-order valence-electron chi connectivity index (χ1n) is 11.6. The molecule has 1 unspecified atom stereocenters. The maximum atomic E-state index is 12.7. The van der Waals surface area contributed by atoms with Crippen molar-refractivity contribution in [2.75, 3.05) is 0 Å². The summed E-state index contributed by atoms with van der Waals surface area (Å²) in [6.45, 7) is 9.63. The van der Waals surface area contributed by atoms with E-state index in [1.807, 2.05) is 70.2 Å². The predicted octanol–water partition coefficient (Wildman–Crippen LogP) is 5.98. The summed E-state index contributed by atoms with van der Waals surface area (Å²) in [7, 11) is -3.79. The van der Waals surface area contributed by atoms with Gasteiger partial charge < -0.3 is 4.74 Å². The largest absolute Gasteiger partial charge is 0.454 e. The summed E-state index contributed by atoms with van der Waals surface area (Å²) in [5.74, 6) is -0.392. The molecule has 0 radical (unpaired) electrons. The molecule has 3 aromatic carbocycles. The van der Waals surface area contributed by atoms with Crippen LogP contribution in [0.4, 0.5) is 0 Å². The van der Waals surface area contributed by atoms with E-state index in [0.29, 0.717) is 11.3 Å². The molecular formula is C29H32N2O4S. The molecule has 0 aromatic heterocycles. The highest BCUT2D eigenvalue weighted by atomic mass is 32.2. The number of hydrogen-bond donors (Lipinski definition) is 1. The average Bonchev–Trinajstić information content (AvgIpc) is 2.85. The Morgan fingerprint density at radius 3 is 2.19 bits per heavy atom. The monoisotopic (exact) mass is 504 g/mol. The average molecular weight is 505 g/mol. The molecule has 0 saturated carbocycles. The van der Waals surface area contributed by atoms with Gasteiger partial charge in [0, 0.05) is 11.0 Å². The summed E-state index contributed by atoms with van der Waals surface area (Å²) >= 11 is 0. The quantitative estimate of drug-likeness (QED) is 0.232. The van der Waals surface area contributed by atoms with Gasteiger partial charge in [0.2, 0.25) is 0 Å². The molecule has 3 aromatic rings. The molecule has 0 heterocycles. The molecule has 0 aliphatic rings. The Bertz CT molecular complexity index is 1350. The van der Waals surface area contributed by atoms with Crippen LogP contribution in [0.2, 0.25) is 0 Å². The molecule has 0 fully saturated rings. The van der Waals surface area contributed by atoms with E-state index in [0.717, 1.165) is 16.7 Å². The number of esters is 1. The first-order valence-corrected chi connectivity index (χ1v) is 13.1. The van der Waals surface area contributed by atoms with Crippen molar-refractivity contribution >= 4 is 27.8 Å². The van der Waals surface area contributed by atoms with Gasteiger partial charge in [-0.15, -0.1) is 0 Å². The third kappa shape index (κ3) is 7.15. The third-order valence-corrected chi connectivity index (χ3v) is 6.79. The Balaban J connectivity index is 1.83. The van der Waals surface area contributed by atoms with Crippen LogP contribution in [-0.2, 0) is 14.8 Å². The fourth-order valence-electron chi connectivity index (χ4n) is 3.38. The first kappa shape index (κ1) is 26.9. The number of benzene rings is 3. The maximum Gasteiger partial charge on any atom is 0.338 e. The summed E-state index contributed by atoms with van der Waals surface area (Å²) in [5.41, 5.74) is 3.19. The maximum absolute atomic E-state index is 12.7. The molecule has 7 heteroatoms. The molecule has 36 heavy (non-hydrogen) atoms. The molecule has 0 amide bonds. The lowest BCUT2D eigenvalue weighted by Crippen LogP contribution is -2.30. The van der Waals surface area contributed by atoms with Gasteiger partial charge in [0.05, 0.1) is 16.2 Å². The second kappa shape index (κ2) is 11.4. The highest BCUT2D eigenvalue weighted by Crippen LogP contribution is 2.26. The van der Waals surface area contributed by atoms with Gasteiger partial charge in [-0.2, -0.15) is 18.4 Å². The Hall–Kier alpha value is -3.71. The Labute approximate surface area is 213 Å². The zero-order valence-electron chi connectivity index (χ0n) is 21.2. The van der Waals surface area contributed by atoms with E-state index in [1.54, 1.807) is 55.5 Å². The molecule has 1 N–H and O–H groups in total. The van der Waals surface area contributed by atoms with Crippen molar-refractivity contribution in [3.8, 4) is 0 Å². The summed E-state index contributed by atoms with van der Waals surface area (Å²) in [6, 6.07) is 22.9. The molecule has 0 spiro atoms. The fourth-order valence-corrected chi connectivity index (χ4v) is 4.24. The lowest BCUT2D eigenvalue weighted by Gasteiger charge is -2.28. The highest BCUT2D eigenvalue weighted by Gasteiger charge is 2.26. The van der Waals surface area contributed by atoms with Gasteiger partial charge in [-0.3, -0.25) is 0 Å². The SMILES string of the molecule is C/C(=N\NS(=O)(=O)c1ccc(C)cc1)c1ccccc1/C=C/C(OC(=O)c1ccccc1)C(C)(C)C. The van der Waals surface area contributed by atoms with Crippen LogP contribution in [0.15, 0.2) is 94.9 Å². The second-order valence-electron chi connectivity index (χ2n) is 9.61. The minimum Gasteiger partial charge on any atom is -0.454 e. The van der Waals surface area contributed by atoms with Crippen molar-refractivity contribution in [3.05, 3.63) is 107 Å². The van der Waals surface area contributed by atoms with E-state index < -0.39 is 22.1 Å². The van der Waals surface area contributed by atoms with Crippen molar-refractivity contribution in [3.63, 3.8) is 0 Å². The van der Waals surface area contributed by atoms with Gasteiger partial charge in [-0.05, 0) is 49.8 Å². The van der Waals surface area contributed by atoms with Crippen LogP contribution in [0.5, 0.6) is 0 Å². The third-order valence-electron chi connectivity index (χ3n) is 5.56. The van der Waals surface area contributed by atoms with E-state index in [9.17, 15) is 13.2 Å². The number of nitrogens with zero attached hydrogens (tertiary/aromatic N) is 1. The van der Waals surface area contributed by atoms with Gasteiger partial charge in [0.25, 0.3) is 10.0 Å². The number of carbonyl (C=O) groups is 1. The minimum absolute atomic E-state index is 0.145. The molecular weight excluding hydrogens is 472 g/mol. The van der Waals surface area contributed by atoms with Crippen molar-refractivity contribution in [1.82, 2.24) is 4.83 Å². The smallest absolute Gasteiger partial charge is 0.338 e. The van der Waals surface area contributed by atoms with E-state index in [1.165, 1.54) is 0 Å². The number of sulfonamides is 1. The van der Waals surface area contributed by atoms with Crippen molar-refractivity contribution in [2.24, 2.45) is 10.5 Å². The zero-order valence-corrected chi connectivity index (χ0v) is 22.0. The van der Waals surface area contributed by atoms with Gasteiger partial charge in [0.15, 0.2) is 0 Å². The molecule has 1 atom stereocenters. The number of aryl methyl sites for hydroxylation is 1. The number of ether oxygens (including phenoxy) is 1. The first-order chi connectivity index (χ1) is 17.0. The van der Waals surface area contributed by atoms with Crippen LogP contribution in [0.3, 0.4) is 0 Å². The summed E-state index contributed by atoms with van der Waals surface area (Å²) in [4.78, 5) is 15.1. The molecule has 0 saturated heterocycles. The lowest BCUT2D eigenvalue weighted by atomic mass is 9.88. The standard InChI is InChI=1S/C29H32N2O4S/c1-21-15-18-25(19-16-21)36(33,34)31-30-22(2)26-14-10-9-11-23(26)17-20-27(29(3,4)5)35-28(32)24-12-7-6-8-13-24/h6-20,27,31H,1-5H3/b20-17+,30-22+. The number of hydrazone groups is 1. The van der Waals surface area contributed by atoms with E-state index in [2.05, 4.69) is 9.93 Å². The molecule has 0 bridgehead atoms. The van der Waals surface area contributed by atoms with Crippen molar-refractivity contribution in [1.29, 1.82) is 0 Å². The number of hydrogen-bond acceptors (Lipinski definition) is 5. The van der Waals surface area contributed by atoms with Crippen LogP contribution in [-0.4, -0.2) is 26.2 Å². The van der Waals surface area contributed by atoms with E-state index in [-0.39, 0.29) is 10.3 Å². The van der Waals surface area contributed by atoms with E-state index >= 15 is 0 Å². The fraction of sp³-hybridized carbons (Fsp3) is 0.241. The summed E-state index contributed by atoms with van der Waals surface area (Å²) < 4.78 is 31.1. The molecule has 188 valence electrons. The van der Waals surface area contributed by atoms with Crippen LogP contribution in [0.25, 0.3) is 6.08 Å². The summed E-state index contributed by atoms with van der Waals surface area (Å²) in [5, 5.41) is 4.15. The predicted molar refractivity (Wildman–Crippen MR) is 144 cm³/mol. The Morgan fingerprint density at radius 2 is 1.56 bits per heavy atom.